The smallest absolute Gasteiger partial charge is 0.267 e. The van der Waals surface area contributed by atoms with Crippen molar-refractivity contribution in [3.05, 3.63) is 81.6 Å². The molecule has 7 nitrogen and oxygen atoms in total. The number of hydrogen-bond donors (Lipinski definition) is 1. The van der Waals surface area contributed by atoms with E-state index in [0.717, 1.165) is 28.8 Å². The molecule has 0 unspecified atom stereocenters. The van der Waals surface area contributed by atoms with Crippen molar-refractivity contribution in [1.29, 1.82) is 0 Å². The van der Waals surface area contributed by atoms with Gasteiger partial charge in [-0.2, -0.15) is 5.10 Å². The third-order valence-electron chi connectivity index (χ3n) is 4.21. The van der Waals surface area contributed by atoms with Gasteiger partial charge in [-0.25, -0.2) is 13.1 Å². The highest BCUT2D eigenvalue weighted by Gasteiger charge is 2.21. The maximum Gasteiger partial charge on any atom is 0.267 e. The molecule has 29 heavy (non-hydrogen) atoms. The number of carbonyl (C=O) groups excluding carboxylic acids is 1. The van der Waals surface area contributed by atoms with Gasteiger partial charge in [-0.1, -0.05) is 36.7 Å². The molecule has 3 rings (SSSR count). The maximum atomic E-state index is 12.7. The van der Waals surface area contributed by atoms with Crippen LogP contribution < -0.4 is 10.9 Å². The third-order valence-corrected chi connectivity index (χ3v) is 6.12. The molecule has 0 radical (unpaired) electrons. The predicted octanol–water partition coefficient (Wildman–Crippen LogP) is 2.93. The van der Waals surface area contributed by atoms with E-state index in [9.17, 15) is 18.0 Å². The number of aryl methyl sites for hydroxylation is 1. The minimum atomic E-state index is -3.96. The molecule has 1 aromatic heterocycles. The number of anilines is 1. The summed E-state index contributed by atoms with van der Waals surface area (Å²) >= 11 is 5.80. The van der Waals surface area contributed by atoms with E-state index in [1.807, 2.05) is 19.1 Å². The summed E-state index contributed by atoms with van der Waals surface area (Å²) in [5, 5.41) is 6.68. The van der Waals surface area contributed by atoms with Gasteiger partial charge in [0.05, 0.1) is 4.90 Å². The summed E-state index contributed by atoms with van der Waals surface area (Å²) in [7, 11) is -3.96. The first-order chi connectivity index (χ1) is 13.8. The Morgan fingerprint density at radius 2 is 1.76 bits per heavy atom. The lowest BCUT2D eigenvalue weighted by atomic mass is 10.1. The van der Waals surface area contributed by atoms with Crippen molar-refractivity contribution < 1.29 is 13.2 Å². The topological polar surface area (TPSA) is 98.1 Å². The maximum absolute atomic E-state index is 12.7. The molecule has 0 aliphatic rings. The van der Waals surface area contributed by atoms with E-state index in [-0.39, 0.29) is 9.92 Å². The minimum absolute atomic E-state index is 0.0130. The number of nitrogens with one attached hydrogen (secondary N) is 1. The fourth-order valence-electron chi connectivity index (χ4n) is 2.70. The Hall–Kier alpha value is -2.97. The average molecular weight is 432 g/mol. The Morgan fingerprint density at radius 3 is 2.45 bits per heavy atom. The summed E-state index contributed by atoms with van der Waals surface area (Å²) in [6, 6.07) is 15.1. The van der Waals surface area contributed by atoms with Crippen molar-refractivity contribution in [1.82, 2.24) is 9.78 Å². The van der Waals surface area contributed by atoms with E-state index >= 15 is 0 Å². The van der Waals surface area contributed by atoms with Crippen LogP contribution in [0.3, 0.4) is 0 Å². The summed E-state index contributed by atoms with van der Waals surface area (Å²) in [4.78, 5) is 24.5. The number of rotatable bonds is 6. The molecule has 0 spiro atoms. The third kappa shape index (κ3) is 4.72. The second kappa shape index (κ2) is 8.59. The van der Waals surface area contributed by atoms with Crippen LogP contribution in [0.15, 0.2) is 75.4 Å². The van der Waals surface area contributed by atoms with Gasteiger partial charge < -0.3 is 5.32 Å². The minimum Gasteiger partial charge on any atom is -0.324 e. The molecular weight excluding hydrogens is 414 g/mol. The van der Waals surface area contributed by atoms with Crippen molar-refractivity contribution in [2.24, 2.45) is 0 Å². The van der Waals surface area contributed by atoms with Crippen molar-refractivity contribution >= 4 is 33.0 Å². The van der Waals surface area contributed by atoms with Crippen LogP contribution in [0.1, 0.15) is 12.5 Å². The van der Waals surface area contributed by atoms with Crippen molar-refractivity contribution in [2.75, 3.05) is 5.32 Å². The number of hydrogen-bond acceptors (Lipinski definition) is 5. The average Bonchev–Trinajstić information content (AvgIpc) is 2.70. The molecule has 0 saturated heterocycles. The van der Waals surface area contributed by atoms with Gasteiger partial charge in [0.25, 0.3) is 5.56 Å². The normalized spacial score (nSPS) is 11.2. The molecule has 0 aliphatic carbocycles. The summed E-state index contributed by atoms with van der Waals surface area (Å²) < 4.78 is 26.3. The lowest BCUT2D eigenvalue weighted by molar-refractivity contribution is -0.117. The highest BCUT2D eigenvalue weighted by atomic mass is 35.5. The molecule has 0 aliphatic heterocycles. The first-order valence-electron chi connectivity index (χ1n) is 8.78. The van der Waals surface area contributed by atoms with Gasteiger partial charge in [-0.15, -0.1) is 0 Å². The number of para-hydroxylation sites is 1. The second-order valence-electron chi connectivity index (χ2n) is 6.18. The van der Waals surface area contributed by atoms with Crippen molar-refractivity contribution in [3.63, 3.8) is 0 Å². The molecule has 3 aromatic rings. The molecule has 0 atom stereocenters. The fourth-order valence-corrected chi connectivity index (χ4v) is 4.01. The molecular formula is C20H18ClN3O4S. The summed E-state index contributed by atoms with van der Waals surface area (Å²) in [5.74, 6) is -0.485. The van der Waals surface area contributed by atoms with E-state index in [1.54, 1.807) is 12.1 Å². The van der Waals surface area contributed by atoms with E-state index < -0.39 is 27.8 Å². The number of amides is 1. The number of sulfone groups is 1. The van der Waals surface area contributed by atoms with Crippen LogP contribution >= 0.6 is 11.6 Å². The van der Waals surface area contributed by atoms with Crippen LogP contribution in [0.5, 0.6) is 0 Å². The van der Waals surface area contributed by atoms with Gasteiger partial charge in [-0.3, -0.25) is 9.59 Å². The Morgan fingerprint density at radius 1 is 1.07 bits per heavy atom. The van der Waals surface area contributed by atoms with Gasteiger partial charge in [0.15, 0.2) is 5.03 Å². The standard InChI is InChI=1S/C20H18ClN3O4S/c1-2-14-5-3-4-6-17(14)22-18(25)13-24-20(26)12-11-19(23-24)29(27,28)16-9-7-15(21)8-10-16/h3-12H,2,13H2,1H3,(H,22,25). The zero-order valence-electron chi connectivity index (χ0n) is 15.5. The lowest BCUT2D eigenvalue weighted by Crippen LogP contribution is -2.30. The number of aromatic nitrogens is 2. The van der Waals surface area contributed by atoms with Crippen LogP contribution in [0.25, 0.3) is 0 Å². The van der Waals surface area contributed by atoms with Crippen molar-refractivity contribution in [3.8, 4) is 0 Å². The first-order valence-corrected chi connectivity index (χ1v) is 10.6. The number of benzene rings is 2. The molecule has 150 valence electrons. The zero-order valence-corrected chi connectivity index (χ0v) is 17.1. The van der Waals surface area contributed by atoms with Gasteiger partial charge in [0, 0.05) is 16.8 Å². The molecule has 0 saturated carbocycles. The van der Waals surface area contributed by atoms with E-state index in [1.165, 1.54) is 24.3 Å². The summed E-state index contributed by atoms with van der Waals surface area (Å²) in [5.41, 5.74) is 0.997. The summed E-state index contributed by atoms with van der Waals surface area (Å²) in [6.45, 7) is 1.54. The molecule has 1 heterocycles. The number of carbonyl (C=O) groups is 1. The van der Waals surface area contributed by atoms with Crippen LogP contribution in [-0.4, -0.2) is 24.1 Å². The quantitative estimate of drug-likeness (QED) is 0.647. The van der Waals surface area contributed by atoms with Gasteiger partial charge >= 0.3 is 0 Å². The highest BCUT2D eigenvalue weighted by molar-refractivity contribution is 7.91. The number of nitrogens with zero attached hydrogens (tertiary/aromatic N) is 2. The Bertz CT molecular complexity index is 1200. The Balaban J connectivity index is 1.86. The molecule has 0 fully saturated rings. The van der Waals surface area contributed by atoms with Crippen molar-refractivity contribution in [2.45, 2.75) is 29.8 Å². The highest BCUT2D eigenvalue weighted by Crippen LogP contribution is 2.20. The predicted molar refractivity (Wildman–Crippen MR) is 110 cm³/mol. The summed E-state index contributed by atoms with van der Waals surface area (Å²) in [6.07, 6.45) is 0.726. The zero-order chi connectivity index (χ0) is 21.0. The van der Waals surface area contributed by atoms with Crippen LogP contribution in [0.2, 0.25) is 5.02 Å². The monoisotopic (exact) mass is 431 g/mol. The molecule has 9 heteroatoms. The van der Waals surface area contributed by atoms with E-state index in [4.69, 9.17) is 11.6 Å². The van der Waals surface area contributed by atoms with Gasteiger partial charge in [-0.05, 0) is 48.4 Å². The Kier molecular flexibility index (Phi) is 6.14. The van der Waals surface area contributed by atoms with Gasteiger partial charge in [0.2, 0.25) is 15.7 Å². The SMILES string of the molecule is CCc1ccccc1NC(=O)Cn1nc(S(=O)(=O)c2ccc(Cl)cc2)ccc1=O. The van der Waals surface area contributed by atoms with Crippen LogP contribution in [-0.2, 0) is 27.6 Å². The Labute approximate surface area is 172 Å². The molecule has 0 bridgehead atoms. The number of halogens is 1. The van der Waals surface area contributed by atoms with Crippen LogP contribution in [0, 0.1) is 0 Å². The van der Waals surface area contributed by atoms with Crippen LogP contribution in [0.4, 0.5) is 5.69 Å². The van der Waals surface area contributed by atoms with E-state index in [0.29, 0.717) is 10.7 Å². The lowest BCUT2D eigenvalue weighted by Gasteiger charge is -2.11. The van der Waals surface area contributed by atoms with E-state index in [2.05, 4.69) is 10.4 Å². The second-order valence-corrected chi connectivity index (χ2v) is 8.52. The fraction of sp³-hybridized carbons (Fsp3) is 0.150. The molecule has 2 aromatic carbocycles. The molecule has 1 amide bonds. The first kappa shape index (κ1) is 20.8. The largest absolute Gasteiger partial charge is 0.324 e. The molecule has 1 N–H and O–H groups in total. The van der Waals surface area contributed by atoms with Gasteiger partial charge in [0.1, 0.15) is 6.54 Å².